The molecule has 5 rings (SSSR count). The van der Waals surface area contributed by atoms with Gasteiger partial charge in [0.15, 0.2) is 5.41 Å². The molecule has 246 valence electrons. The van der Waals surface area contributed by atoms with Crippen molar-refractivity contribution < 1.29 is 28.7 Å². The molecule has 10 nitrogen and oxygen atoms in total. The van der Waals surface area contributed by atoms with Crippen molar-refractivity contribution in [2.75, 3.05) is 20.2 Å². The molecule has 3 aromatic carbocycles. The predicted octanol–water partition coefficient (Wildman–Crippen LogP) is 5.68. The van der Waals surface area contributed by atoms with Gasteiger partial charge in [-0.15, -0.1) is 0 Å². The molecular formula is C37H42N4O6. The van der Waals surface area contributed by atoms with Crippen molar-refractivity contribution >= 4 is 29.7 Å². The van der Waals surface area contributed by atoms with E-state index in [0.29, 0.717) is 37.1 Å². The van der Waals surface area contributed by atoms with Gasteiger partial charge < -0.3 is 20.1 Å². The van der Waals surface area contributed by atoms with Crippen LogP contribution in [0.25, 0.3) is 11.1 Å². The van der Waals surface area contributed by atoms with Gasteiger partial charge in [0.25, 0.3) is 5.91 Å². The highest BCUT2D eigenvalue weighted by Gasteiger charge is 2.57. The molecule has 1 unspecified atom stereocenters. The van der Waals surface area contributed by atoms with Crippen LogP contribution in [0, 0.1) is 22.7 Å². The minimum Gasteiger partial charge on any atom is -0.468 e. The van der Waals surface area contributed by atoms with Crippen LogP contribution in [0.2, 0.25) is 0 Å². The number of hydrogen-bond donors (Lipinski definition) is 3. The highest BCUT2D eigenvalue weighted by atomic mass is 16.5. The zero-order valence-corrected chi connectivity index (χ0v) is 26.7. The average molecular weight is 639 g/mol. The maximum atomic E-state index is 13.4. The van der Waals surface area contributed by atoms with Crippen LogP contribution in [0.1, 0.15) is 66.4 Å². The lowest BCUT2D eigenvalue weighted by atomic mass is 9.59. The van der Waals surface area contributed by atoms with Crippen molar-refractivity contribution in [2.24, 2.45) is 23.0 Å². The van der Waals surface area contributed by atoms with E-state index < -0.39 is 23.4 Å². The van der Waals surface area contributed by atoms with Crippen molar-refractivity contribution in [3.05, 3.63) is 95.6 Å². The number of carbonyl (C=O) groups is 4. The van der Waals surface area contributed by atoms with E-state index in [2.05, 4.69) is 5.32 Å². The SMILES string of the molecule is COC(=O)C(C(N)=O)(C1CCCCC1)C1CCN(C(=O)c2ccc(-c3ccc(C(=N)NC(=O)OCc4ccccc4)cc3)cc2)CC1. The third-order valence-electron chi connectivity index (χ3n) is 9.68. The number of rotatable bonds is 9. The first kappa shape index (κ1) is 33.4. The fourth-order valence-corrected chi connectivity index (χ4v) is 7.18. The van der Waals surface area contributed by atoms with Crippen LogP contribution in [0.15, 0.2) is 78.9 Å². The summed E-state index contributed by atoms with van der Waals surface area (Å²) in [6, 6.07) is 23.8. The third-order valence-corrected chi connectivity index (χ3v) is 9.68. The van der Waals surface area contributed by atoms with E-state index >= 15 is 0 Å². The second-order valence-electron chi connectivity index (χ2n) is 12.3. The number of primary amides is 1. The number of likely N-dealkylation sites (tertiary alicyclic amines) is 1. The van der Waals surface area contributed by atoms with Crippen molar-refractivity contribution in [3.63, 3.8) is 0 Å². The molecule has 0 spiro atoms. The Hall–Kier alpha value is -4.99. The summed E-state index contributed by atoms with van der Waals surface area (Å²) in [4.78, 5) is 53.5. The van der Waals surface area contributed by atoms with Gasteiger partial charge in [0, 0.05) is 24.2 Å². The number of esters is 1. The van der Waals surface area contributed by atoms with Crippen molar-refractivity contribution in [3.8, 4) is 11.1 Å². The number of benzene rings is 3. The molecule has 0 aromatic heterocycles. The van der Waals surface area contributed by atoms with Crippen LogP contribution in [0.5, 0.6) is 0 Å². The van der Waals surface area contributed by atoms with Crippen LogP contribution in [0.3, 0.4) is 0 Å². The minimum absolute atomic E-state index is 0.0716. The molecule has 1 aliphatic carbocycles. The molecule has 1 heterocycles. The molecule has 2 fully saturated rings. The Kier molecular flexibility index (Phi) is 10.7. The van der Waals surface area contributed by atoms with Crippen LogP contribution in [-0.4, -0.2) is 54.8 Å². The number of hydrogen-bond acceptors (Lipinski definition) is 7. The molecule has 1 aliphatic heterocycles. The number of carbonyl (C=O) groups excluding carboxylic acids is 4. The Balaban J connectivity index is 1.17. The number of nitrogens with zero attached hydrogens (tertiary/aromatic N) is 1. The summed E-state index contributed by atoms with van der Waals surface area (Å²) in [6.07, 6.45) is 4.85. The molecular weight excluding hydrogens is 596 g/mol. The fraction of sp³-hybridized carbons (Fsp3) is 0.378. The molecule has 10 heteroatoms. The van der Waals surface area contributed by atoms with Crippen LogP contribution >= 0.6 is 0 Å². The summed E-state index contributed by atoms with van der Waals surface area (Å²) >= 11 is 0. The van der Waals surface area contributed by atoms with Gasteiger partial charge in [-0.05, 0) is 66.3 Å². The molecule has 1 saturated carbocycles. The lowest BCUT2D eigenvalue weighted by molar-refractivity contribution is -0.170. The zero-order chi connectivity index (χ0) is 33.4. The predicted molar refractivity (Wildman–Crippen MR) is 177 cm³/mol. The summed E-state index contributed by atoms with van der Waals surface area (Å²) in [7, 11) is 1.31. The van der Waals surface area contributed by atoms with Gasteiger partial charge in [-0.1, -0.05) is 86.0 Å². The van der Waals surface area contributed by atoms with Gasteiger partial charge in [0.05, 0.1) is 7.11 Å². The van der Waals surface area contributed by atoms with E-state index in [9.17, 15) is 19.2 Å². The number of ether oxygens (including phenoxy) is 2. The molecule has 4 N–H and O–H groups in total. The second-order valence-corrected chi connectivity index (χ2v) is 12.3. The van der Waals surface area contributed by atoms with Crippen LogP contribution in [0.4, 0.5) is 4.79 Å². The van der Waals surface area contributed by atoms with E-state index in [1.807, 2.05) is 54.6 Å². The largest absolute Gasteiger partial charge is 0.468 e. The molecule has 1 atom stereocenters. The smallest absolute Gasteiger partial charge is 0.413 e. The lowest BCUT2D eigenvalue weighted by Crippen LogP contribution is -2.57. The first-order valence-electron chi connectivity index (χ1n) is 16.2. The van der Waals surface area contributed by atoms with E-state index in [0.717, 1.165) is 48.8 Å². The maximum Gasteiger partial charge on any atom is 0.413 e. The topological polar surface area (TPSA) is 152 Å². The van der Waals surface area contributed by atoms with Gasteiger partial charge in [-0.2, -0.15) is 0 Å². The van der Waals surface area contributed by atoms with E-state index in [4.69, 9.17) is 20.6 Å². The molecule has 2 aliphatic rings. The number of amides is 3. The van der Waals surface area contributed by atoms with E-state index in [1.54, 1.807) is 29.2 Å². The summed E-state index contributed by atoms with van der Waals surface area (Å²) < 4.78 is 10.4. The van der Waals surface area contributed by atoms with Crippen molar-refractivity contribution in [1.82, 2.24) is 10.2 Å². The standard InChI is InChI=1S/C37H42N4O6/c1-46-35(44)37(34(39)43,30-10-6-3-7-11-30)31-20-22-41(23-21-31)33(42)29-18-14-27(15-19-29)26-12-16-28(17-13-26)32(38)40-36(45)47-24-25-8-4-2-5-9-25/h2,4-5,8-9,12-19,30-31H,3,6-7,10-11,20-24H2,1H3,(H2,39,43)(H2,38,40,45). The van der Waals surface area contributed by atoms with Crippen LogP contribution in [-0.2, 0) is 25.7 Å². The average Bonchev–Trinajstić information content (AvgIpc) is 3.12. The number of nitrogens with one attached hydrogen (secondary N) is 2. The highest BCUT2D eigenvalue weighted by Crippen LogP contribution is 2.48. The zero-order valence-electron chi connectivity index (χ0n) is 26.7. The Morgan fingerprint density at radius 1 is 0.809 bits per heavy atom. The molecule has 0 radical (unpaired) electrons. The molecule has 1 saturated heterocycles. The Morgan fingerprint density at radius 3 is 1.91 bits per heavy atom. The van der Waals surface area contributed by atoms with Gasteiger partial charge >= 0.3 is 12.1 Å². The summed E-state index contributed by atoms with van der Waals surface area (Å²) in [6.45, 7) is 0.956. The Bertz CT molecular complexity index is 1580. The molecule has 47 heavy (non-hydrogen) atoms. The number of nitrogens with two attached hydrogens (primary N) is 1. The van der Waals surface area contributed by atoms with Crippen LogP contribution < -0.4 is 11.1 Å². The first-order valence-corrected chi connectivity index (χ1v) is 16.2. The van der Waals surface area contributed by atoms with Gasteiger partial charge in [-0.3, -0.25) is 25.1 Å². The maximum absolute atomic E-state index is 13.4. The van der Waals surface area contributed by atoms with E-state index in [1.165, 1.54) is 7.11 Å². The lowest BCUT2D eigenvalue weighted by Gasteiger charge is -2.46. The third kappa shape index (κ3) is 7.37. The van der Waals surface area contributed by atoms with Gasteiger partial charge in [0.2, 0.25) is 5.91 Å². The van der Waals surface area contributed by atoms with Crippen molar-refractivity contribution in [1.29, 1.82) is 5.41 Å². The summed E-state index contributed by atoms with van der Waals surface area (Å²) in [5, 5.41) is 10.7. The number of piperidine rings is 1. The van der Waals surface area contributed by atoms with Gasteiger partial charge in [-0.25, -0.2) is 4.79 Å². The fourth-order valence-electron chi connectivity index (χ4n) is 7.18. The molecule has 3 amide bonds. The monoisotopic (exact) mass is 638 g/mol. The second kappa shape index (κ2) is 15.1. The first-order chi connectivity index (χ1) is 22.7. The summed E-state index contributed by atoms with van der Waals surface area (Å²) in [5.41, 5.74) is 8.33. The normalized spacial score (nSPS) is 16.8. The quantitative estimate of drug-likeness (QED) is 0.119. The number of alkyl carbamates (subject to hydrolysis) is 1. The highest BCUT2D eigenvalue weighted by molar-refractivity contribution is 6.05. The minimum atomic E-state index is -1.36. The molecule has 0 bridgehead atoms. The number of methoxy groups -OCH3 is 1. The van der Waals surface area contributed by atoms with E-state index in [-0.39, 0.29) is 30.2 Å². The van der Waals surface area contributed by atoms with Crippen molar-refractivity contribution in [2.45, 2.75) is 51.6 Å². The van der Waals surface area contributed by atoms with Gasteiger partial charge in [0.1, 0.15) is 12.4 Å². The Morgan fingerprint density at radius 2 is 1.36 bits per heavy atom. The molecule has 3 aromatic rings. The number of amidine groups is 1. The summed E-state index contributed by atoms with van der Waals surface area (Å²) in [5.74, 6) is -1.75. The Labute approximate surface area is 275 Å².